The number of aromatic carboxylic acids is 1. The molecule has 7 heteroatoms. The summed E-state index contributed by atoms with van der Waals surface area (Å²) in [7, 11) is 1.35. The van der Waals surface area contributed by atoms with E-state index >= 15 is 0 Å². The van der Waals surface area contributed by atoms with Gasteiger partial charge in [-0.2, -0.15) is 5.01 Å². The minimum Gasteiger partial charge on any atom is -0.478 e. The molecule has 3 rings (SSSR count). The van der Waals surface area contributed by atoms with Crippen molar-refractivity contribution in [2.24, 2.45) is 0 Å². The van der Waals surface area contributed by atoms with E-state index in [1.54, 1.807) is 6.07 Å². The molecule has 0 bridgehead atoms. The van der Waals surface area contributed by atoms with Crippen LogP contribution >= 0.6 is 0 Å². The summed E-state index contributed by atoms with van der Waals surface area (Å²) in [6.45, 7) is 3.21. The number of nitrogens with zero attached hydrogens (tertiary/aromatic N) is 2. The highest BCUT2D eigenvalue weighted by Crippen LogP contribution is 2.27. The summed E-state index contributed by atoms with van der Waals surface area (Å²) in [5, 5.41) is 16.2. The highest BCUT2D eigenvalue weighted by Gasteiger charge is 2.49. The van der Waals surface area contributed by atoms with Crippen LogP contribution < -0.4 is 5.32 Å². The molecule has 2 unspecified atom stereocenters. The number of carboxylic acids is 1. The fourth-order valence-corrected chi connectivity index (χ4v) is 3.11. The van der Waals surface area contributed by atoms with Crippen molar-refractivity contribution >= 4 is 12.1 Å². The number of hydrogen-bond donors (Lipinski definition) is 2. The van der Waals surface area contributed by atoms with E-state index in [-0.39, 0.29) is 11.9 Å². The molecule has 0 spiro atoms. The maximum atomic E-state index is 11.8. The summed E-state index contributed by atoms with van der Waals surface area (Å²) >= 11 is 0. The molecule has 1 aliphatic heterocycles. The summed E-state index contributed by atoms with van der Waals surface area (Å²) in [6.07, 6.45) is 0.256. The van der Waals surface area contributed by atoms with Crippen molar-refractivity contribution in [1.82, 2.24) is 15.3 Å². The van der Waals surface area contributed by atoms with E-state index in [9.17, 15) is 14.7 Å². The first-order valence-corrected chi connectivity index (χ1v) is 8.85. The lowest BCUT2D eigenvalue weighted by Crippen LogP contribution is -2.24. The Morgan fingerprint density at radius 2 is 1.93 bits per heavy atom. The molecule has 1 amide bonds. The summed E-state index contributed by atoms with van der Waals surface area (Å²) in [6, 6.07) is 14.8. The topological polar surface area (TPSA) is 81.7 Å². The predicted octanol–water partition coefficient (Wildman–Crippen LogP) is 3.13. The van der Waals surface area contributed by atoms with Crippen molar-refractivity contribution in [2.75, 3.05) is 13.7 Å². The van der Waals surface area contributed by atoms with Gasteiger partial charge in [0.05, 0.1) is 12.7 Å². The first-order chi connectivity index (χ1) is 13.1. The van der Waals surface area contributed by atoms with Crippen LogP contribution in [0.5, 0.6) is 0 Å². The second-order valence-corrected chi connectivity index (χ2v) is 6.28. The molecule has 142 valence electrons. The molecule has 1 aliphatic rings. The van der Waals surface area contributed by atoms with Gasteiger partial charge in [-0.15, -0.1) is 0 Å². The van der Waals surface area contributed by atoms with Crippen LogP contribution in [0.15, 0.2) is 48.5 Å². The Bertz CT molecular complexity index is 825. The molecule has 0 aromatic heterocycles. The average molecular weight is 369 g/mol. The second kappa shape index (κ2) is 8.20. The fourth-order valence-electron chi connectivity index (χ4n) is 3.11. The van der Waals surface area contributed by atoms with Gasteiger partial charge in [-0.05, 0) is 29.2 Å². The van der Waals surface area contributed by atoms with Crippen LogP contribution in [0.3, 0.4) is 0 Å². The lowest BCUT2D eigenvalue weighted by Gasteiger charge is -2.10. The van der Waals surface area contributed by atoms with Crippen molar-refractivity contribution < 1.29 is 19.4 Å². The number of benzene rings is 2. The molecule has 1 fully saturated rings. The summed E-state index contributed by atoms with van der Waals surface area (Å²) in [5.41, 5.74) is 2.64. The Morgan fingerprint density at radius 3 is 2.56 bits per heavy atom. The van der Waals surface area contributed by atoms with Crippen LogP contribution in [0.1, 0.15) is 29.3 Å². The molecule has 27 heavy (non-hydrogen) atoms. The molecule has 0 saturated carbocycles. The van der Waals surface area contributed by atoms with Crippen LogP contribution in [0, 0.1) is 0 Å². The molecule has 2 atom stereocenters. The van der Waals surface area contributed by atoms with Gasteiger partial charge in [0.25, 0.3) is 0 Å². The number of rotatable bonds is 7. The lowest BCUT2D eigenvalue weighted by atomic mass is 9.97. The zero-order chi connectivity index (χ0) is 19.4. The first-order valence-electron chi connectivity index (χ1n) is 8.85. The van der Waals surface area contributed by atoms with Crippen LogP contribution in [0.25, 0.3) is 11.1 Å². The second-order valence-electron chi connectivity index (χ2n) is 6.28. The smallest absolute Gasteiger partial charge is 0.426 e. The van der Waals surface area contributed by atoms with E-state index in [4.69, 9.17) is 4.74 Å². The van der Waals surface area contributed by atoms with E-state index < -0.39 is 12.1 Å². The lowest BCUT2D eigenvalue weighted by molar-refractivity contribution is 0.0697. The third-order valence-electron chi connectivity index (χ3n) is 4.44. The zero-order valence-electron chi connectivity index (χ0n) is 15.4. The molecule has 1 heterocycles. The quantitative estimate of drug-likeness (QED) is 0.730. The van der Waals surface area contributed by atoms with Crippen LogP contribution in [0.4, 0.5) is 4.79 Å². The van der Waals surface area contributed by atoms with Crippen molar-refractivity contribution in [3.8, 4) is 11.1 Å². The highest BCUT2D eigenvalue weighted by molar-refractivity contribution is 5.96. The Morgan fingerprint density at radius 1 is 1.19 bits per heavy atom. The van der Waals surface area contributed by atoms with Gasteiger partial charge >= 0.3 is 12.1 Å². The van der Waals surface area contributed by atoms with E-state index in [1.165, 1.54) is 12.1 Å². The predicted molar refractivity (Wildman–Crippen MR) is 101 cm³/mol. The number of carboxylic acid groups (broad SMARTS) is 1. The van der Waals surface area contributed by atoms with Crippen molar-refractivity contribution in [1.29, 1.82) is 0 Å². The van der Waals surface area contributed by atoms with Crippen LogP contribution in [-0.4, -0.2) is 47.1 Å². The Labute approximate surface area is 158 Å². The standard InChI is InChI=1S/C20H23N3O4/c1-3-11-22-19(23(22)20(26)27-2)21-13-14-9-10-16(17(12-14)18(24)25)15-7-5-4-6-8-15/h4-10,12,19,21H,3,11,13H2,1-2H3,(H,24,25). The van der Waals surface area contributed by atoms with Crippen molar-refractivity contribution in [3.63, 3.8) is 0 Å². The average Bonchev–Trinajstić information content (AvgIpc) is 3.38. The number of ether oxygens (including phenoxy) is 1. The third kappa shape index (κ3) is 4.10. The van der Waals surface area contributed by atoms with Crippen molar-refractivity contribution in [3.05, 3.63) is 59.7 Å². The number of carbonyl (C=O) groups excluding carboxylic acids is 1. The minimum absolute atomic E-state index is 0.237. The fraction of sp³-hybridized carbons (Fsp3) is 0.300. The van der Waals surface area contributed by atoms with Gasteiger partial charge in [0.2, 0.25) is 0 Å². The van der Waals surface area contributed by atoms with Gasteiger partial charge in [-0.1, -0.05) is 49.4 Å². The normalized spacial score (nSPS) is 18.2. The molecular weight excluding hydrogens is 346 g/mol. The largest absolute Gasteiger partial charge is 0.478 e. The maximum absolute atomic E-state index is 11.8. The minimum atomic E-state index is -0.967. The molecule has 0 aliphatic carbocycles. The number of hydrazine groups is 1. The van der Waals surface area contributed by atoms with Crippen LogP contribution in [-0.2, 0) is 11.3 Å². The number of methoxy groups -OCH3 is 1. The van der Waals surface area contributed by atoms with E-state index in [0.29, 0.717) is 12.1 Å². The SMILES string of the molecule is CCCN1C(NCc2ccc(-c3ccccc3)c(C(=O)O)c2)N1C(=O)OC. The molecule has 0 radical (unpaired) electrons. The summed E-state index contributed by atoms with van der Waals surface area (Å²) < 4.78 is 4.78. The third-order valence-corrected chi connectivity index (χ3v) is 4.44. The summed E-state index contributed by atoms with van der Waals surface area (Å²) in [5.74, 6) is -0.967. The van der Waals surface area contributed by atoms with Gasteiger partial charge in [-0.3, -0.25) is 5.32 Å². The molecule has 2 aromatic rings. The van der Waals surface area contributed by atoms with Gasteiger partial charge in [0.15, 0.2) is 6.29 Å². The number of amides is 1. The number of carbonyl (C=O) groups is 2. The molecule has 2 aromatic carbocycles. The van der Waals surface area contributed by atoms with Gasteiger partial charge in [0.1, 0.15) is 0 Å². The number of hydrogen-bond acceptors (Lipinski definition) is 5. The maximum Gasteiger partial charge on any atom is 0.426 e. The number of nitrogens with one attached hydrogen (secondary N) is 1. The zero-order valence-corrected chi connectivity index (χ0v) is 15.4. The first kappa shape index (κ1) is 18.9. The van der Waals surface area contributed by atoms with Gasteiger partial charge in [0, 0.05) is 13.1 Å². The Hall–Kier alpha value is -2.90. The van der Waals surface area contributed by atoms with E-state index in [2.05, 4.69) is 5.32 Å². The molecular formula is C20H23N3O4. The summed E-state index contributed by atoms with van der Waals surface area (Å²) in [4.78, 5) is 23.5. The van der Waals surface area contributed by atoms with Crippen LogP contribution in [0.2, 0.25) is 0 Å². The Balaban J connectivity index is 1.74. The van der Waals surface area contributed by atoms with E-state index in [1.807, 2.05) is 54.4 Å². The van der Waals surface area contributed by atoms with Gasteiger partial charge < -0.3 is 9.84 Å². The monoisotopic (exact) mass is 369 g/mol. The highest BCUT2D eigenvalue weighted by atomic mass is 16.6. The van der Waals surface area contributed by atoms with Gasteiger partial charge in [-0.25, -0.2) is 14.6 Å². The molecule has 2 N–H and O–H groups in total. The molecule has 7 nitrogen and oxygen atoms in total. The van der Waals surface area contributed by atoms with E-state index in [0.717, 1.165) is 24.1 Å². The Kier molecular flexibility index (Phi) is 5.73. The van der Waals surface area contributed by atoms with Crippen molar-refractivity contribution in [2.45, 2.75) is 26.2 Å². The molecule has 1 saturated heterocycles.